The molecular formula is C38H46N2O11. The number of carbonyl (C=O) groups excluding carboxylic acids is 2. The first-order valence-corrected chi connectivity index (χ1v) is 16.7. The zero-order chi connectivity index (χ0) is 37.5. The van der Waals surface area contributed by atoms with E-state index in [1.807, 2.05) is 33.8 Å². The van der Waals surface area contributed by atoms with Crippen molar-refractivity contribution in [3.63, 3.8) is 0 Å². The highest BCUT2D eigenvalue weighted by atomic mass is 16.7. The van der Waals surface area contributed by atoms with Gasteiger partial charge in [0.15, 0.2) is 23.6 Å². The largest absolute Gasteiger partial charge is 0.512 e. The number of nitrogens with one attached hydrogen (secondary N) is 2. The Morgan fingerprint density at radius 2 is 1.86 bits per heavy atom. The van der Waals surface area contributed by atoms with Crippen LogP contribution in [0.5, 0.6) is 11.5 Å². The van der Waals surface area contributed by atoms with Crippen LogP contribution in [0.15, 0.2) is 62.0 Å². The number of aliphatic hydroxyl groups is 2. The van der Waals surface area contributed by atoms with E-state index in [0.717, 1.165) is 16.8 Å². The normalized spacial score (nSPS) is 23.1. The number of aliphatic hydroxyl groups excluding tert-OH is 2. The Bertz CT molecular complexity index is 1990. The summed E-state index contributed by atoms with van der Waals surface area (Å²) in [5, 5.41) is 35.7. The van der Waals surface area contributed by atoms with Gasteiger partial charge < -0.3 is 49.0 Å². The number of H-pyrrole nitrogens is 1. The minimum absolute atomic E-state index is 0.0186. The minimum Gasteiger partial charge on any atom is -0.512 e. The van der Waals surface area contributed by atoms with Crippen molar-refractivity contribution < 1.29 is 48.3 Å². The van der Waals surface area contributed by atoms with Crippen LogP contribution in [0, 0.1) is 26.7 Å². The van der Waals surface area contributed by atoms with Crippen molar-refractivity contribution in [2.45, 2.75) is 98.4 Å². The van der Waals surface area contributed by atoms with Crippen LogP contribution in [-0.2, 0) is 19.0 Å². The Morgan fingerprint density at radius 1 is 1.16 bits per heavy atom. The molecule has 0 bridgehead atoms. The summed E-state index contributed by atoms with van der Waals surface area (Å²) < 4.78 is 29.2. The second-order valence-corrected chi connectivity index (χ2v) is 14.0. The lowest BCUT2D eigenvalue weighted by atomic mass is 9.86. The highest BCUT2D eigenvalue weighted by Gasteiger charge is 2.53. The first-order valence-electron chi connectivity index (χ1n) is 16.7. The molecule has 1 aliphatic heterocycles. The first kappa shape index (κ1) is 37.4. The van der Waals surface area contributed by atoms with Gasteiger partial charge in [-0.25, -0.2) is 9.59 Å². The third kappa shape index (κ3) is 7.46. The van der Waals surface area contributed by atoms with Crippen LogP contribution in [0.4, 0.5) is 5.69 Å². The Morgan fingerprint density at radius 3 is 2.49 bits per heavy atom. The van der Waals surface area contributed by atoms with Gasteiger partial charge in [-0.2, -0.15) is 0 Å². The topological polar surface area (TPSA) is 190 Å². The Labute approximate surface area is 295 Å². The Balaban J connectivity index is 1.41. The van der Waals surface area contributed by atoms with Crippen LogP contribution in [0.2, 0.25) is 0 Å². The van der Waals surface area contributed by atoms with Gasteiger partial charge in [0.1, 0.15) is 23.1 Å². The molecule has 1 aromatic carbocycles. The molecule has 5 rings (SSSR count). The number of hydrogen-bond donors (Lipinski definition) is 5. The predicted molar refractivity (Wildman–Crippen MR) is 189 cm³/mol. The number of aromatic nitrogens is 1. The second-order valence-electron chi connectivity index (χ2n) is 14.0. The molecule has 0 spiro atoms. The van der Waals surface area contributed by atoms with Gasteiger partial charge in [-0.3, -0.25) is 4.79 Å². The summed E-state index contributed by atoms with van der Waals surface area (Å²) in [5.74, 6) is -1.80. The molecule has 13 nitrogen and oxygen atoms in total. The summed E-state index contributed by atoms with van der Waals surface area (Å²) in [4.78, 5) is 42.7. The van der Waals surface area contributed by atoms with Crippen LogP contribution in [0.25, 0.3) is 11.0 Å². The lowest BCUT2D eigenvalue weighted by Crippen LogP contribution is -2.65. The number of aromatic amines is 1. The maximum atomic E-state index is 13.4. The van der Waals surface area contributed by atoms with Crippen LogP contribution >= 0.6 is 0 Å². The number of benzene rings is 1. The van der Waals surface area contributed by atoms with Gasteiger partial charge in [-0.15, -0.1) is 0 Å². The number of anilines is 1. The quantitative estimate of drug-likeness (QED) is 0.101. The third-order valence-electron chi connectivity index (χ3n) is 9.46. The third-order valence-corrected chi connectivity index (χ3v) is 9.46. The number of rotatable bonds is 9. The summed E-state index contributed by atoms with van der Waals surface area (Å²) in [6.07, 6.45) is -0.681. The number of amides is 1. The molecule has 2 aliphatic rings. The first-order chi connectivity index (χ1) is 23.9. The lowest BCUT2D eigenvalue weighted by molar-refractivity contribution is -0.305. The van der Waals surface area contributed by atoms with Crippen molar-refractivity contribution >= 4 is 28.5 Å². The van der Waals surface area contributed by atoms with Crippen molar-refractivity contribution in [3.05, 3.63) is 85.8 Å². The van der Waals surface area contributed by atoms with E-state index in [9.17, 15) is 29.7 Å². The van der Waals surface area contributed by atoms with E-state index in [1.165, 1.54) is 19.2 Å². The van der Waals surface area contributed by atoms with E-state index in [4.69, 9.17) is 23.4 Å². The zero-order valence-electron chi connectivity index (χ0n) is 30.3. The van der Waals surface area contributed by atoms with Gasteiger partial charge >= 0.3 is 11.6 Å². The number of aryl methyl sites for hydroxylation is 3. The number of carbonyl (C=O) groups is 2. The summed E-state index contributed by atoms with van der Waals surface area (Å²) in [5.41, 5.74) is 1.63. The number of fused-ring (bicyclic) bond motifs is 1. The molecule has 1 saturated heterocycles. The van der Waals surface area contributed by atoms with Crippen LogP contribution in [0.1, 0.15) is 74.8 Å². The van der Waals surface area contributed by atoms with Crippen molar-refractivity contribution in [2.24, 2.45) is 5.92 Å². The maximum absolute atomic E-state index is 13.4. The molecule has 1 amide bonds. The van der Waals surface area contributed by atoms with Gasteiger partial charge in [-0.1, -0.05) is 18.6 Å². The fourth-order valence-corrected chi connectivity index (χ4v) is 6.41. The summed E-state index contributed by atoms with van der Waals surface area (Å²) in [6, 6.07) is 4.59. The van der Waals surface area contributed by atoms with E-state index >= 15 is 0 Å². The van der Waals surface area contributed by atoms with Gasteiger partial charge in [0.2, 0.25) is 6.29 Å². The summed E-state index contributed by atoms with van der Waals surface area (Å²) in [7, 11) is 1.42. The van der Waals surface area contributed by atoms with Crippen molar-refractivity contribution in [3.8, 4) is 11.5 Å². The number of hydrogen-bond acceptors (Lipinski definition) is 11. The average Bonchev–Trinajstić information content (AvgIpc) is 3.39. The molecule has 0 saturated carbocycles. The van der Waals surface area contributed by atoms with E-state index in [1.54, 1.807) is 39.8 Å². The SMILES string of the molecule is CO[C@@H]1[C@@H](OC(=O)c2cc(C)c(C)[nH]2)[C@@H](O)[C@H](Oc2ccc3c(O)c(NC(=O)C4=CC(CC=C(C)C)=C(O)CC4C)c(=O)oc3c2C)OC1(C)C. The molecule has 5 N–H and O–H groups in total. The Hall–Kier alpha value is -4.85. The van der Waals surface area contributed by atoms with Gasteiger partial charge in [0.05, 0.1) is 16.7 Å². The highest BCUT2D eigenvalue weighted by Crippen LogP contribution is 2.39. The number of allylic oxidation sites excluding steroid dienone is 5. The standard InChI is InChI=1S/C38H46N2O11/c1-17(2)10-11-22-16-24(19(4)15-26(22)41)34(44)40-28-29(42)23-12-13-27(20(5)31(23)49-36(28)46)48-37-30(43)32(33(47-9)38(7,8)51-37)50-35(45)25-14-18(3)21(6)39-25/h10,12-14,16,19,30,32-33,37,39,41-43H,11,15H2,1-9H3,(H,40,44)/t19?,30-,32+,33-,37-/m1/s1. The van der Waals surface area contributed by atoms with E-state index in [-0.39, 0.29) is 40.5 Å². The number of esters is 1. The van der Waals surface area contributed by atoms with E-state index in [2.05, 4.69) is 10.3 Å². The van der Waals surface area contributed by atoms with E-state index in [0.29, 0.717) is 23.1 Å². The lowest BCUT2D eigenvalue weighted by Gasteiger charge is -2.47. The van der Waals surface area contributed by atoms with Crippen molar-refractivity contribution in [1.82, 2.24) is 4.98 Å². The molecule has 51 heavy (non-hydrogen) atoms. The predicted octanol–water partition coefficient (Wildman–Crippen LogP) is 5.94. The zero-order valence-corrected chi connectivity index (χ0v) is 30.3. The molecule has 3 aromatic rings. The maximum Gasteiger partial charge on any atom is 0.364 e. The smallest absolute Gasteiger partial charge is 0.364 e. The molecule has 1 aliphatic carbocycles. The molecule has 2 aromatic heterocycles. The molecule has 3 heterocycles. The van der Waals surface area contributed by atoms with Crippen LogP contribution < -0.4 is 15.7 Å². The fourth-order valence-electron chi connectivity index (χ4n) is 6.41. The van der Waals surface area contributed by atoms with Gasteiger partial charge in [0.25, 0.3) is 5.91 Å². The summed E-state index contributed by atoms with van der Waals surface area (Å²) in [6.45, 7) is 14.3. The molecule has 274 valence electrons. The average molecular weight is 707 g/mol. The molecule has 13 heteroatoms. The Kier molecular flexibility index (Phi) is 10.6. The van der Waals surface area contributed by atoms with Gasteiger partial charge in [0, 0.05) is 30.4 Å². The van der Waals surface area contributed by atoms with Crippen molar-refractivity contribution in [2.75, 3.05) is 12.4 Å². The van der Waals surface area contributed by atoms with Crippen molar-refractivity contribution in [1.29, 1.82) is 0 Å². The molecule has 5 atom stereocenters. The molecule has 0 radical (unpaired) electrons. The molecular weight excluding hydrogens is 660 g/mol. The molecule has 1 unspecified atom stereocenters. The highest BCUT2D eigenvalue weighted by molar-refractivity contribution is 6.06. The van der Waals surface area contributed by atoms with Crippen LogP contribution in [0.3, 0.4) is 0 Å². The van der Waals surface area contributed by atoms with Crippen LogP contribution in [-0.4, -0.2) is 69.5 Å². The number of methoxy groups -OCH3 is 1. The number of aromatic hydroxyl groups is 1. The van der Waals surface area contributed by atoms with Gasteiger partial charge in [-0.05, 0) is 96.2 Å². The second kappa shape index (κ2) is 14.4. The van der Waals surface area contributed by atoms with E-state index < -0.39 is 59.1 Å². The molecule has 1 fully saturated rings. The minimum atomic E-state index is -1.51. The summed E-state index contributed by atoms with van der Waals surface area (Å²) >= 11 is 0. The fraction of sp³-hybridized carbons (Fsp3) is 0.447. The number of ether oxygens (including phenoxy) is 4. The monoisotopic (exact) mass is 706 g/mol.